The van der Waals surface area contributed by atoms with Gasteiger partial charge in [0.25, 0.3) is 0 Å². The summed E-state index contributed by atoms with van der Waals surface area (Å²) in [5, 5.41) is 0. The van der Waals surface area contributed by atoms with Crippen molar-refractivity contribution < 1.29 is 19.1 Å². The van der Waals surface area contributed by atoms with E-state index >= 15 is 0 Å². The average Bonchev–Trinajstić information content (AvgIpc) is 2.33. The second-order valence-corrected chi connectivity index (χ2v) is 6.08. The molecule has 0 radical (unpaired) electrons. The quantitative estimate of drug-likeness (QED) is 0.477. The van der Waals surface area contributed by atoms with Crippen molar-refractivity contribution in [3.8, 4) is 0 Å². The van der Waals surface area contributed by atoms with Crippen molar-refractivity contribution in [3.05, 3.63) is 28.5 Å². The van der Waals surface area contributed by atoms with Gasteiger partial charge in [-0.2, -0.15) is 0 Å². The van der Waals surface area contributed by atoms with Gasteiger partial charge in [-0.3, -0.25) is 9.59 Å². The number of ether oxygens (including phenoxy) is 2. The van der Waals surface area contributed by atoms with E-state index in [9.17, 15) is 9.59 Å². The molecule has 0 N–H and O–H groups in total. The number of methoxy groups -OCH3 is 1. The Morgan fingerprint density at radius 2 is 1.95 bits per heavy atom. The fraction of sp³-hybridized carbons (Fsp3) is 0.500. The smallest absolute Gasteiger partial charge is 0.321 e. The molecule has 0 aromatic carbocycles. The van der Waals surface area contributed by atoms with Crippen LogP contribution in [-0.4, -0.2) is 29.6 Å². The van der Waals surface area contributed by atoms with Gasteiger partial charge in [0.15, 0.2) is 5.92 Å². The number of halogens is 1. The lowest BCUT2D eigenvalue weighted by molar-refractivity contribution is -0.168. The summed E-state index contributed by atoms with van der Waals surface area (Å²) in [7, 11) is 1.24. The van der Waals surface area contributed by atoms with Gasteiger partial charge in [0.1, 0.15) is 10.2 Å². The second kappa shape index (κ2) is 6.83. The summed E-state index contributed by atoms with van der Waals surface area (Å²) in [6.07, 6.45) is 0.140. The monoisotopic (exact) mass is 343 g/mol. The van der Waals surface area contributed by atoms with Gasteiger partial charge in [0.05, 0.1) is 7.11 Å². The summed E-state index contributed by atoms with van der Waals surface area (Å²) < 4.78 is 10.6. The van der Waals surface area contributed by atoms with Crippen LogP contribution >= 0.6 is 15.9 Å². The SMILES string of the molecule is COC(=O)[C@H](Cc1cccc(Br)n1)C(=O)OC(C)(C)C. The Bertz CT molecular complexity index is 496. The molecule has 1 aromatic heterocycles. The van der Waals surface area contributed by atoms with Crippen LogP contribution in [0.5, 0.6) is 0 Å². The zero-order chi connectivity index (χ0) is 15.3. The second-order valence-electron chi connectivity index (χ2n) is 5.26. The summed E-state index contributed by atoms with van der Waals surface area (Å²) >= 11 is 3.25. The molecule has 1 rings (SSSR count). The molecular weight excluding hydrogens is 326 g/mol. The standard InChI is InChI=1S/C14H18BrNO4/c1-14(2,3)20-13(18)10(12(17)19-4)8-9-6-5-7-11(15)16-9/h5-7,10H,8H2,1-4H3/t10-/m0/s1. The van der Waals surface area contributed by atoms with Crippen molar-refractivity contribution >= 4 is 27.9 Å². The molecule has 0 fully saturated rings. The molecule has 0 aliphatic rings. The van der Waals surface area contributed by atoms with Gasteiger partial charge in [-0.1, -0.05) is 6.07 Å². The number of hydrogen-bond acceptors (Lipinski definition) is 5. The Hall–Kier alpha value is -1.43. The van der Waals surface area contributed by atoms with Crippen LogP contribution < -0.4 is 0 Å². The summed E-state index contributed by atoms with van der Waals surface area (Å²) in [5.74, 6) is -2.24. The maximum atomic E-state index is 12.1. The van der Waals surface area contributed by atoms with Gasteiger partial charge in [0, 0.05) is 12.1 Å². The van der Waals surface area contributed by atoms with Gasteiger partial charge in [-0.15, -0.1) is 0 Å². The lowest BCUT2D eigenvalue weighted by Crippen LogP contribution is -2.34. The fourth-order valence-electron chi connectivity index (χ4n) is 1.55. The van der Waals surface area contributed by atoms with E-state index in [0.29, 0.717) is 10.3 Å². The number of nitrogens with zero attached hydrogens (tertiary/aromatic N) is 1. The summed E-state index contributed by atoms with van der Waals surface area (Å²) in [4.78, 5) is 28.1. The minimum absolute atomic E-state index is 0.140. The Morgan fingerprint density at radius 3 is 2.45 bits per heavy atom. The summed E-state index contributed by atoms with van der Waals surface area (Å²) in [5.41, 5.74) is -0.0470. The average molecular weight is 344 g/mol. The zero-order valence-corrected chi connectivity index (χ0v) is 13.6. The third kappa shape index (κ3) is 5.28. The first-order valence-corrected chi connectivity index (χ1v) is 6.94. The molecule has 20 heavy (non-hydrogen) atoms. The van der Waals surface area contributed by atoms with Gasteiger partial charge in [-0.05, 0) is 48.8 Å². The number of rotatable bonds is 4. The van der Waals surface area contributed by atoms with Crippen molar-refractivity contribution in [3.63, 3.8) is 0 Å². The largest absolute Gasteiger partial charge is 0.468 e. The molecule has 1 aromatic rings. The molecule has 0 aliphatic carbocycles. The zero-order valence-electron chi connectivity index (χ0n) is 12.0. The van der Waals surface area contributed by atoms with E-state index in [4.69, 9.17) is 4.74 Å². The van der Waals surface area contributed by atoms with Gasteiger partial charge in [-0.25, -0.2) is 4.98 Å². The highest BCUT2D eigenvalue weighted by molar-refractivity contribution is 9.10. The number of esters is 2. The Balaban J connectivity index is 2.90. The third-order valence-corrected chi connectivity index (χ3v) is 2.80. The van der Waals surface area contributed by atoms with Crippen LogP contribution in [0, 0.1) is 5.92 Å². The number of pyridine rings is 1. The number of aromatic nitrogens is 1. The van der Waals surface area contributed by atoms with Crippen LogP contribution in [0.4, 0.5) is 0 Å². The summed E-state index contributed by atoms with van der Waals surface area (Å²) in [6, 6.07) is 5.30. The lowest BCUT2D eigenvalue weighted by Gasteiger charge is -2.22. The molecule has 0 bridgehead atoms. The van der Waals surface area contributed by atoms with Crippen LogP contribution in [-0.2, 0) is 25.5 Å². The first-order valence-electron chi connectivity index (χ1n) is 6.15. The maximum absolute atomic E-state index is 12.1. The van der Waals surface area contributed by atoms with Crippen LogP contribution in [0.25, 0.3) is 0 Å². The predicted molar refractivity (Wildman–Crippen MR) is 77.0 cm³/mol. The van der Waals surface area contributed by atoms with E-state index in [1.54, 1.807) is 39.0 Å². The molecule has 0 aliphatic heterocycles. The van der Waals surface area contributed by atoms with Crippen molar-refractivity contribution in [2.45, 2.75) is 32.8 Å². The summed E-state index contributed by atoms with van der Waals surface area (Å²) in [6.45, 7) is 5.24. The highest BCUT2D eigenvalue weighted by Crippen LogP contribution is 2.17. The van der Waals surface area contributed by atoms with Crippen LogP contribution in [0.3, 0.4) is 0 Å². The van der Waals surface area contributed by atoms with Gasteiger partial charge < -0.3 is 9.47 Å². The lowest BCUT2D eigenvalue weighted by atomic mass is 10.0. The van der Waals surface area contributed by atoms with Crippen LogP contribution in [0.15, 0.2) is 22.8 Å². The van der Waals surface area contributed by atoms with Crippen LogP contribution in [0.2, 0.25) is 0 Å². The Labute approximate surface area is 126 Å². The first-order chi connectivity index (χ1) is 9.23. The number of hydrogen-bond donors (Lipinski definition) is 0. The van der Waals surface area contributed by atoms with E-state index < -0.39 is 23.5 Å². The normalized spacial score (nSPS) is 12.7. The molecule has 0 unspecified atom stereocenters. The molecule has 0 saturated carbocycles. The van der Waals surface area contributed by atoms with E-state index in [1.807, 2.05) is 0 Å². The van der Waals surface area contributed by atoms with E-state index in [0.717, 1.165) is 0 Å². The van der Waals surface area contributed by atoms with Gasteiger partial charge >= 0.3 is 11.9 Å². The molecule has 1 atom stereocenters. The van der Waals surface area contributed by atoms with Crippen molar-refractivity contribution in [2.75, 3.05) is 7.11 Å². The first kappa shape index (κ1) is 16.6. The van der Waals surface area contributed by atoms with Crippen molar-refractivity contribution in [1.29, 1.82) is 0 Å². The number of carbonyl (C=O) groups excluding carboxylic acids is 2. The van der Waals surface area contributed by atoms with Crippen molar-refractivity contribution in [2.24, 2.45) is 5.92 Å². The number of carbonyl (C=O) groups is 2. The third-order valence-electron chi connectivity index (χ3n) is 2.36. The predicted octanol–water partition coefficient (Wildman–Crippen LogP) is 2.52. The highest BCUT2D eigenvalue weighted by atomic mass is 79.9. The molecule has 110 valence electrons. The fourth-order valence-corrected chi connectivity index (χ4v) is 1.93. The molecule has 6 heteroatoms. The maximum Gasteiger partial charge on any atom is 0.321 e. The highest BCUT2D eigenvalue weighted by Gasteiger charge is 2.32. The molecule has 0 amide bonds. The van der Waals surface area contributed by atoms with E-state index in [2.05, 4.69) is 25.7 Å². The minimum atomic E-state index is -1.01. The van der Waals surface area contributed by atoms with Crippen LogP contribution in [0.1, 0.15) is 26.5 Å². The Morgan fingerprint density at radius 1 is 1.30 bits per heavy atom. The molecule has 0 spiro atoms. The van der Waals surface area contributed by atoms with E-state index in [1.165, 1.54) is 7.11 Å². The molecule has 0 saturated heterocycles. The van der Waals surface area contributed by atoms with E-state index in [-0.39, 0.29) is 6.42 Å². The molecular formula is C14H18BrNO4. The Kier molecular flexibility index (Phi) is 5.68. The van der Waals surface area contributed by atoms with Crippen molar-refractivity contribution in [1.82, 2.24) is 4.98 Å². The molecule has 5 nitrogen and oxygen atoms in total. The topological polar surface area (TPSA) is 65.5 Å². The van der Waals surface area contributed by atoms with Gasteiger partial charge in [0.2, 0.25) is 0 Å². The molecule has 1 heterocycles. The minimum Gasteiger partial charge on any atom is -0.468 e.